The van der Waals surface area contributed by atoms with Crippen LogP contribution in [0.5, 0.6) is 0 Å². The molecule has 1 fully saturated rings. The van der Waals surface area contributed by atoms with Gasteiger partial charge in [0.25, 0.3) is 0 Å². The van der Waals surface area contributed by atoms with Gasteiger partial charge in [0.1, 0.15) is 0 Å². The van der Waals surface area contributed by atoms with Crippen molar-refractivity contribution in [1.82, 2.24) is 0 Å². The average Bonchev–Trinajstić information content (AvgIpc) is 2.36. The first-order valence-corrected chi connectivity index (χ1v) is 6.51. The van der Waals surface area contributed by atoms with E-state index < -0.39 is 0 Å². The molecule has 0 aliphatic heterocycles. The fraction of sp³-hybridized carbons (Fsp3) is 0.429. The number of anilines is 1. The summed E-state index contributed by atoms with van der Waals surface area (Å²) < 4.78 is 5.41. The molecule has 5 heteroatoms. The molecule has 0 atom stereocenters. The van der Waals surface area contributed by atoms with Gasteiger partial charge in [0.15, 0.2) is 0 Å². The lowest BCUT2D eigenvalue weighted by Crippen LogP contribution is -2.42. The number of methoxy groups -OCH3 is 1. The van der Waals surface area contributed by atoms with Crippen molar-refractivity contribution in [3.05, 3.63) is 28.8 Å². The Kier molecular flexibility index (Phi) is 4.08. The van der Waals surface area contributed by atoms with Gasteiger partial charge in [-0.15, -0.1) is 0 Å². The highest BCUT2D eigenvalue weighted by atomic mass is 35.5. The maximum absolute atomic E-state index is 12.0. The van der Waals surface area contributed by atoms with E-state index in [-0.39, 0.29) is 11.5 Å². The van der Waals surface area contributed by atoms with Crippen LogP contribution >= 0.6 is 11.6 Å². The summed E-state index contributed by atoms with van der Waals surface area (Å²) in [5, 5.41) is 12.0. The van der Waals surface area contributed by atoms with Gasteiger partial charge < -0.3 is 10.1 Å². The fourth-order valence-electron chi connectivity index (χ4n) is 2.20. The predicted octanol–water partition coefficient (Wildman–Crippen LogP) is 3.11. The number of nitrogens with one attached hydrogen (secondary N) is 1. The molecule has 0 bridgehead atoms. The molecule has 0 unspecified atom stereocenters. The molecule has 1 aliphatic carbocycles. The van der Waals surface area contributed by atoms with Crippen LogP contribution in [0.2, 0.25) is 5.02 Å². The van der Waals surface area contributed by atoms with E-state index in [2.05, 4.69) is 5.32 Å². The summed E-state index contributed by atoms with van der Waals surface area (Å²) in [6, 6.07) is 6.80. The normalized spacial score (nSPS) is 16.3. The maximum Gasteiger partial charge on any atom is 0.227 e. The van der Waals surface area contributed by atoms with E-state index in [1.165, 1.54) is 0 Å². The van der Waals surface area contributed by atoms with E-state index in [1.54, 1.807) is 25.3 Å². The Bertz CT molecular complexity index is 527. The standard InChI is InChI=1S/C14H15ClN2O2/c1-19-14(5-2-6-14)8-13(18)17-12-7-10(9-16)3-4-11(12)15/h3-4,7H,2,5-6,8H2,1H3,(H,17,18). The topological polar surface area (TPSA) is 62.1 Å². The van der Waals surface area contributed by atoms with E-state index >= 15 is 0 Å². The van der Waals surface area contributed by atoms with E-state index in [1.807, 2.05) is 6.07 Å². The zero-order valence-electron chi connectivity index (χ0n) is 10.7. The Hall–Kier alpha value is -1.57. The fourth-order valence-corrected chi connectivity index (χ4v) is 2.37. The van der Waals surface area contributed by atoms with Gasteiger partial charge in [-0.1, -0.05) is 11.6 Å². The highest BCUT2D eigenvalue weighted by Crippen LogP contribution is 2.38. The third-order valence-electron chi connectivity index (χ3n) is 3.55. The second-order valence-electron chi connectivity index (χ2n) is 4.77. The maximum atomic E-state index is 12.0. The third kappa shape index (κ3) is 3.06. The van der Waals surface area contributed by atoms with Gasteiger partial charge in [0.2, 0.25) is 5.91 Å². The zero-order chi connectivity index (χ0) is 13.9. The number of hydrogen-bond acceptors (Lipinski definition) is 3. The second kappa shape index (κ2) is 5.60. The lowest BCUT2D eigenvalue weighted by molar-refractivity contribution is -0.129. The number of halogens is 1. The van der Waals surface area contributed by atoms with Crippen LogP contribution in [-0.2, 0) is 9.53 Å². The first kappa shape index (κ1) is 13.9. The van der Waals surface area contributed by atoms with Crippen LogP contribution in [0.3, 0.4) is 0 Å². The summed E-state index contributed by atoms with van der Waals surface area (Å²) >= 11 is 5.99. The summed E-state index contributed by atoms with van der Waals surface area (Å²) in [6.07, 6.45) is 3.22. The van der Waals surface area contributed by atoms with Gasteiger partial charge in [-0.25, -0.2) is 0 Å². The van der Waals surface area contributed by atoms with Crippen LogP contribution < -0.4 is 5.32 Å². The molecule has 4 nitrogen and oxygen atoms in total. The predicted molar refractivity (Wildman–Crippen MR) is 73.0 cm³/mol. The van der Waals surface area contributed by atoms with Gasteiger partial charge in [-0.2, -0.15) is 5.26 Å². The highest BCUT2D eigenvalue weighted by Gasteiger charge is 2.39. The smallest absolute Gasteiger partial charge is 0.227 e. The van der Waals surface area contributed by atoms with Gasteiger partial charge >= 0.3 is 0 Å². The van der Waals surface area contributed by atoms with Crippen LogP contribution in [-0.4, -0.2) is 18.6 Å². The molecular formula is C14H15ClN2O2. The van der Waals surface area contributed by atoms with E-state index in [4.69, 9.17) is 21.6 Å². The molecule has 1 amide bonds. The number of nitrogens with zero attached hydrogens (tertiary/aromatic N) is 1. The molecule has 19 heavy (non-hydrogen) atoms. The number of carbonyl (C=O) groups is 1. The minimum absolute atomic E-state index is 0.140. The van der Waals surface area contributed by atoms with Crippen molar-refractivity contribution in [1.29, 1.82) is 5.26 Å². The number of hydrogen-bond donors (Lipinski definition) is 1. The lowest BCUT2D eigenvalue weighted by atomic mass is 9.77. The van der Waals surface area contributed by atoms with Crippen molar-refractivity contribution in [2.75, 3.05) is 12.4 Å². The van der Waals surface area contributed by atoms with Crippen LogP contribution in [0.4, 0.5) is 5.69 Å². The van der Waals surface area contributed by atoms with Gasteiger partial charge in [-0.3, -0.25) is 4.79 Å². The molecule has 1 N–H and O–H groups in total. The van der Waals surface area contributed by atoms with Crippen molar-refractivity contribution in [3.63, 3.8) is 0 Å². The van der Waals surface area contributed by atoms with E-state index in [0.29, 0.717) is 22.7 Å². The number of ether oxygens (including phenoxy) is 1. The largest absolute Gasteiger partial charge is 0.378 e. The lowest BCUT2D eigenvalue weighted by Gasteiger charge is -2.39. The van der Waals surface area contributed by atoms with Gasteiger partial charge in [-0.05, 0) is 37.5 Å². The Balaban J connectivity index is 2.05. The molecule has 0 saturated heterocycles. The number of benzene rings is 1. The minimum atomic E-state index is -0.316. The molecule has 0 aromatic heterocycles. The monoisotopic (exact) mass is 278 g/mol. The molecule has 0 radical (unpaired) electrons. The van der Waals surface area contributed by atoms with Crippen molar-refractivity contribution < 1.29 is 9.53 Å². The summed E-state index contributed by atoms with van der Waals surface area (Å²) in [7, 11) is 1.63. The molecular weight excluding hydrogens is 264 g/mol. The summed E-state index contributed by atoms with van der Waals surface area (Å²) in [5.74, 6) is -0.140. The first-order valence-electron chi connectivity index (χ1n) is 6.13. The third-order valence-corrected chi connectivity index (χ3v) is 3.88. The van der Waals surface area contributed by atoms with Crippen molar-refractivity contribution >= 4 is 23.2 Å². The molecule has 0 heterocycles. The van der Waals surface area contributed by atoms with Gasteiger partial charge in [0.05, 0.1) is 34.4 Å². The van der Waals surface area contributed by atoms with Crippen molar-refractivity contribution in [2.24, 2.45) is 0 Å². The molecule has 1 aliphatic rings. The molecule has 1 aromatic carbocycles. The highest BCUT2D eigenvalue weighted by molar-refractivity contribution is 6.33. The minimum Gasteiger partial charge on any atom is -0.378 e. The number of amides is 1. The Morgan fingerprint density at radius 3 is 2.84 bits per heavy atom. The Labute approximate surface area is 117 Å². The zero-order valence-corrected chi connectivity index (χ0v) is 11.5. The van der Waals surface area contributed by atoms with Crippen molar-refractivity contribution in [2.45, 2.75) is 31.3 Å². The second-order valence-corrected chi connectivity index (χ2v) is 5.18. The average molecular weight is 279 g/mol. The van der Waals surface area contributed by atoms with E-state index in [9.17, 15) is 4.79 Å². The summed E-state index contributed by atoms with van der Waals surface area (Å²) in [5.41, 5.74) is 0.615. The first-order chi connectivity index (χ1) is 9.08. The summed E-state index contributed by atoms with van der Waals surface area (Å²) in [6.45, 7) is 0. The SMILES string of the molecule is COC1(CC(=O)Nc2cc(C#N)ccc2Cl)CCC1. The quantitative estimate of drug-likeness (QED) is 0.920. The Morgan fingerprint density at radius 2 is 2.32 bits per heavy atom. The van der Waals surface area contributed by atoms with Crippen LogP contribution in [0.15, 0.2) is 18.2 Å². The number of rotatable bonds is 4. The van der Waals surface area contributed by atoms with Gasteiger partial charge in [0, 0.05) is 7.11 Å². The van der Waals surface area contributed by atoms with E-state index in [0.717, 1.165) is 19.3 Å². The number of nitriles is 1. The van der Waals surface area contributed by atoms with Crippen LogP contribution in [0.1, 0.15) is 31.2 Å². The molecule has 1 aromatic rings. The molecule has 0 spiro atoms. The Morgan fingerprint density at radius 1 is 1.58 bits per heavy atom. The summed E-state index contributed by atoms with van der Waals surface area (Å²) in [4.78, 5) is 12.0. The molecule has 100 valence electrons. The van der Waals surface area contributed by atoms with Crippen LogP contribution in [0, 0.1) is 11.3 Å². The number of carbonyl (C=O) groups excluding carboxylic acids is 1. The van der Waals surface area contributed by atoms with Crippen molar-refractivity contribution in [3.8, 4) is 6.07 Å². The molecule has 1 saturated carbocycles. The molecule has 2 rings (SSSR count). The van der Waals surface area contributed by atoms with Crippen LogP contribution in [0.25, 0.3) is 0 Å².